The van der Waals surface area contributed by atoms with E-state index >= 15 is 0 Å². The van der Waals surface area contributed by atoms with Crippen LogP contribution >= 0.6 is 0 Å². The van der Waals surface area contributed by atoms with E-state index in [4.69, 9.17) is 5.73 Å². The topological polar surface area (TPSA) is 80.4 Å². The Balaban J connectivity index is 3.11. The number of aliphatic hydroxyl groups is 1. The molecule has 0 aliphatic carbocycles. The van der Waals surface area contributed by atoms with Crippen LogP contribution in [0.2, 0.25) is 0 Å². The lowest BCUT2D eigenvalue weighted by Gasteiger charge is -2.09. The molecular weight excluding hydrogens is 202 g/mol. The quantitative estimate of drug-likeness (QED) is 0.746. The molecule has 14 heavy (non-hydrogen) atoms. The molecule has 1 unspecified atom stereocenters. The summed E-state index contributed by atoms with van der Waals surface area (Å²) in [6.45, 7) is 1.56. The van der Waals surface area contributed by atoms with Crippen molar-refractivity contribution in [2.75, 3.05) is 6.54 Å². The molecule has 1 atom stereocenters. The minimum Gasteiger partial charge on any atom is -0.376 e. The van der Waals surface area contributed by atoms with Gasteiger partial charge < -0.3 is 10.8 Å². The monoisotopic (exact) mass is 215 g/mol. The smallest absolute Gasteiger partial charge is 0.206 e. The van der Waals surface area contributed by atoms with Crippen LogP contribution in [-0.2, 0) is 9.84 Å². The average Bonchev–Trinajstić information content (AvgIpc) is 2.17. The summed E-state index contributed by atoms with van der Waals surface area (Å²) in [7, 11) is -3.68. The van der Waals surface area contributed by atoms with Gasteiger partial charge in [0.05, 0.1) is 4.90 Å². The second-order valence-corrected chi connectivity index (χ2v) is 5.15. The van der Waals surface area contributed by atoms with Crippen LogP contribution in [0.25, 0.3) is 0 Å². The van der Waals surface area contributed by atoms with Gasteiger partial charge in [0, 0.05) is 6.54 Å². The van der Waals surface area contributed by atoms with E-state index in [1.165, 1.54) is 12.1 Å². The first-order valence-corrected chi connectivity index (χ1v) is 5.72. The maximum Gasteiger partial charge on any atom is 0.206 e. The molecule has 5 heteroatoms. The summed E-state index contributed by atoms with van der Waals surface area (Å²) < 4.78 is 23.1. The standard InChI is InChI=1S/C9H13NO3S/c1-7-2-4-8(5-3-7)14(12,13)9(11)6-10/h2-5,9,11H,6,10H2,1H3. The molecule has 0 amide bonds. The molecule has 1 aromatic rings. The van der Waals surface area contributed by atoms with E-state index in [2.05, 4.69) is 0 Å². The van der Waals surface area contributed by atoms with Gasteiger partial charge in [-0.05, 0) is 19.1 Å². The fraction of sp³-hybridized carbons (Fsp3) is 0.333. The van der Waals surface area contributed by atoms with Crippen molar-refractivity contribution in [3.63, 3.8) is 0 Å². The van der Waals surface area contributed by atoms with Crippen molar-refractivity contribution in [1.82, 2.24) is 0 Å². The molecule has 0 saturated heterocycles. The zero-order chi connectivity index (χ0) is 10.8. The highest BCUT2D eigenvalue weighted by atomic mass is 32.2. The van der Waals surface area contributed by atoms with Gasteiger partial charge in [-0.3, -0.25) is 0 Å². The molecule has 0 saturated carbocycles. The zero-order valence-corrected chi connectivity index (χ0v) is 8.66. The Bertz CT molecular complexity index is 397. The van der Waals surface area contributed by atoms with Crippen LogP contribution in [-0.4, -0.2) is 25.5 Å². The van der Waals surface area contributed by atoms with E-state index < -0.39 is 15.3 Å². The Labute approximate surface area is 83.3 Å². The summed E-state index contributed by atoms with van der Waals surface area (Å²) in [6, 6.07) is 6.28. The lowest BCUT2D eigenvalue weighted by atomic mass is 10.2. The minimum absolute atomic E-state index is 0.0982. The van der Waals surface area contributed by atoms with Gasteiger partial charge >= 0.3 is 0 Å². The predicted octanol–water partition coefficient (Wildman–Crippen LogP) is 0.0458. The van der Waals surface area contributed by atoms with E-state index in [0.717, 1.165) is 5.56 Å². The van der Waals surface area contributed by atoms with Gasteiger partial charge in [0.1, 0.15) is 0 Å². The lowest BCUT2D eigenvalue weighted by Crippen LogP contribution is -2.29. The van der Waals surface area contributed by atoms with Gasteiger partial charge in [0.25, 0.3) is 0 Å². The summed E-state index contributed by atoms with van der Waals surface area (Å²) >= 11 is 0. The zero-order valence-electron chi connectivity index (χ0n) is 7.84. The number of aryl methyl sites for hydroxylation is 1. The number of sulfone groups is 1. The average molecular weight is 215 g/mol. The summed E-state index contributed by atoms with van der Waals surface area (Å²) in [5, 5.41) is 9.20. The van der Waals surface area contributed by atoms with E-state index in [-0.39, 0.29) is 11.4 Å². The highest BCUT2D eigenvalue weighted by molar-refractivity contribution is 7.91. The third-order valence-corrected chi connectivity index (χ3v) is 3.75. The molecule has 0 aliphatic rings. The summed E-state index contributed by atoms with van der Waals surface area (Å²) in [5.41, 5.74) is 4.54. The number of nitrogens with two attached hydrogens (primary N) is 1. The molecule has 0 spiro atoms. The third-order valence-electron chi connectivity index (χ3n) is 1.91. The molecule has 0 aliphatic heterocycles. The van der Waals surface area contributed by atoms with E-state index in [9.17, 15) is 13.5 Å². The highest BCUT2D eigenvalue weighted by Crippen LogP contribution is 2.14. The van der Waals surface area contributed by atoms with Gasteiger partial charge in [-0.15, -0.1) is 0 Å². The fourth-order valence-electron chi connectivity index (χ4n) is 1.01. The Hall–Kier alpha value is -0.910. The van der Waals surface area contributed by atoms with Gasteiger partial charge in [-0.25, -0.2) is 8.42 Å². The Morgan fingerprint density at radius 2 is 1.86 bits per heavy atom. The lowest BCUT2D eigenvalue weighted by molar-refractivity contribution is 0.256. The number of hydrogen-bond acceptors (Lipinski definition) is 4. The van der Waals surface area contributed by atoms with Crippen molar-refractivity contribution >= 4 is 9.84 Å². The van der Waals surface area contributed by atoms with Crippen LogP contribution in [0, 0.1) is 6.92 Å². The first kappa shape index (κ1) is 11.2. The van der Waals surface area contributed by atoms with Crippen molar-refractivity contribution in [1.29, 1.82) is 0 Å². The molecule has 0 fully saturated rings. The summed E-state index contributed by atoms with van der Waals surface area (Å²) in [6.07, 6.45) is 0. The van der Waals surface area contributed by atoms with Gasteiger partial charge in [-0.1, -0.05) is 17.7 Å². The second-order valence-electron chi connectivity index (χ2n) is 3.05. The molecule has 0 bridgehead atoms. The number of rotatable bonds is 3. The van der Waals surface area contributed by atoms with Gasteiger partial charge in [-0.2, -0.15) is 0 Å². The van der Waals surface area contributed by atoms with Crippen molar-refractivity contribution in [2.45, 2.75) is 17.3 Å². The second kappa shape index (κ2) is 4.08. The Kier molecular flexibility index (Phi) is 3.25. The van der Waals surface area contributed by atoms with Crippen LogP contribution in [0.5, 0.6) is 0 Å². The predicted molar refractivity (Wildman–Crippen MR) is 53.4 cm³/mol. The number of aliphatic hydroxyl groups excluding tert-OH is 1. The molecule has 0 heterocycles. The SMILES string of the molecule is Cc1ccc(S(=O)(=O)C(O)CN)cc1. The summed E-state index contributed by atoms with van der Waals surface area (Å²) in [5.74, 6) is 0. The molecule has 4 nitrogen and oxygen atoms in total. The van der Waals surface area contributed by atoms with Crippen LogP contribution in [0.15, 0.2) is 29.2 Å². The van der Waals surface area contributed by atoms with Gasteiger partial charge in [0.2, 0.25) is 9.84 Å². The highest BCUT2D eigenvalue weighted by Gasteiger charge is 2.23. The minimum atomic E-state index is -3.68. The number of hydrogen-bond donors (Lipinski definition) is 2. The molecule has 1 aromatic carbocycles. The van der Waals surface area contributed by atoms with Crippen LogP contribution in [0.1, 0.15) is 5.56 Å². The van der Waals surface area contributed by atoms with Crippen molar-refractivity contribution < 1.29 is 13.5 Å². The van der Waals surface area contributed by atoms with E-state index in [0.29, 0.717) is 0 Å². The van der Waals surface area contributed by atoms with Crippen molar-refractivity contribution in [3.8, 4) is 0 Å². The van der Waals surface area contributed by atoms with Crippen molar-refractivity contribution in [3.05, 3.63) is 29.8 Å². The maximum absolute atomic E-state index is 11.5. The molecule has 0 aromatic heterocycles. The largest absolute Gasteiger partial charge is 0.376 e. The molecular formula is C9H13NO3S. The number of benzene rings is 1. The molecule has 1 rings (SSSR count). The Morgan fingerprint density at radius 1 is 1.36 bits per heavy atom. The first-order chi connectivity index (χ1) is 6.48. The van der Waals surface area contributed by atoms with E-state index in [1.54, 1.807) is 12.1 Å². The normalized spacial score (nSPS) is 13.9. The Morgan fingerprint density at radius 3 is 2.29 bits per heavy atom. The third kappa shape index (κ3) is 2.12. The fourth-order valence-corrected chi connectivity index (χ4v) is 2.09. The summed E-state index contributed by atoms with van der Waals surface area (Å²) in [4.78, 5) is 0.0982. The van der Waals surface area contributed by atoms with Crippen molar-refractivity contribution in [2.24, 2.45) is 5.73 Å². The molecule has 0 radical (unpaired) electrons. The van der Waals surface area contributed by atoms with Crippen LogP contribution in [0.3, 0.4) is 0 Å². The molecule has 78 valence electrons. The molecule has 3 N–H and O–H groups in total. The maximum atomic E-state index is 11.5. The van der Waals surface area contributed by atoms with Crippen LogP contribution < -0.4 is 5.73 Å². The first-order valence-electron chi connectivity index (χ1n) is 4.17. The van der Waals surface area contributed by atoms with Crippen LogP contribution in [0.4, 0.5) is 0 Å². The van der Waals surface area contributed by atoms with E-state index in [1.807, 2.05) is 6.92 Å². The van der Waals surface area contributed by atoms with Gasteiger partial charge in [0.15, 0.2) is 5.44 Å².